The SMILES string of the molecule is CC(C)C1CCC(C(=O)N2CCC(N3CCCCC3)CC2)CC1. The van der Waals surface area contributed by atoms with Crippen molar-refractivity contribution < 1.29 is 4.79 Å². The van der Waals surface area contributed by atoms with E-state index in [4.69, 9.17) is 0 Å². The predicted molar refractivity (Wildman–Crippen MR) is 95.3 cm³/mol. The molecule has 2 aliphatic heterocycles. The zero-order chi connectivity index (χ0) is 16.2. The fourth-order valence-electron chi connectivity index (χ4n) is 5.03. The number of amides is 1. The molecule has 0 aromatic carbocycles. The second-order valence-corrected chi connectivity index (χ2v) is 8.51. The van der Waals surface area contributed by atoms with E-state index in [0.717, 1.165) is 43.8 Å². The molecule has 0 aromatic rings. The third-order valence-electron chi connectivity index (χ3n) is 6.75. The van der Waals surface area contributed by atoms with E-state index >= 15 is 0 Å². The molecule has 2 heterocycles. The molecule has 1 aliphatic carbocycles. The largest absolute Gasteiger partial charge is 0.342 e. The summed E-state index contributed by atoms with van der Waals surface area (Å²) >= 11 is 0. The fourth-order valence-corrected chi connectivity index (χ4v) is 5.03. The highest BCUT2D eigenvalue weighted by atomic mass is 16.2. The molecule has 0 unspecified atom stereocenters. The molecule has 3 rings (SSSR count). The molecule has 0 spiro atoms. The van der Waals surface area contributed by atoms with Crippen LogP contribution in [0.5, 0.6) is 0 Å². The van der Waals surface area contributed by atoms with Crippen LogP contribution in [-0.2, 0) is 4.79 Å². The molecule has 3 aliphatic rings. The van der Waals surface area contributed by atoms with Crippen LogP contribution in [0.4, 0.5) is 0 Å². The van der Waals surface area contributed by atoms with Gasteiger partial charge in [0.25, 0.3) is 0 Å². The van der Waals surface area contributed by atoms with Gasteiger partial charge in [0, 0.05) is 25.0 Å². The Hall–Kier alpha value is -0.570. The van der Waals surface area contributed by atoms with Crippen LogP contribution < -0.4 is 0 Å². The van der Waals surface area contributed by atoms with Crippen LogP contribution in [0.25, 0.3) is 0 Å². The lowest BCUT2D eigenvalue weighted by molar-refractivity contribution is -0.138. The van der Waals surface area contributed by atoms with Crippen molar-refractivity contribution in [2.24, 2.45) is 17.8 Å². The smallest absolute Gasteiger partial charge is 0.225 e. The highest BCUT2D eigenvalue weighted by Gasteiger charge is 2.33. The Kier molecular flexibility index (Phi) is 6.01. The highest BCUT2D eigenvalue weighted by molar-refractivity contribution is 5.79. The number of piperidine rings is 2. The van der Waals surface area contributed by atoms with Gasteiger partial charge >= 0.3 is 0 Å². The maximum Gasteiger partial charge on any atom is 0.225 e. The number of hydrogen-bond donors (Lipinski definition) is 0. The molecule has 3 nitrogen and oxygen atoms in total. The molecule has 1 saturated carbocycles. The summed E-state index contributed by atoms with van der Waals surface area (Å²) in [4.78, 5) is 17.7. The minimum absolute atomic E-state index is 0.330. The number of nitrogens with zero attached hydrogens (tertiary/aromatic N) is 2. The van der Waals surface area contributed by atoms with E-state index in [9.17, 15) is 4.79 Å². The Morgan fingerprint density at radius 3 is 2.00 bits per heavy atom. The predicted octanol–water partition coefficient (Wildman–Crippen LogP) is 3.93. The van der Waals surface area contributed by atoms with Gasteiger partial charge in [-0.15, -0.1) is 0 Å². The van der Waals surface area contributed by atoms with Gasteiger partial charge in [0.05, 0.1) is 0 Å². The molecule has 2 saturated heterocycles. The summed E-state index contributed by atoms with van der Waals surface area (Å²) in [6.07, 6.45) is 11.3. The monoisotopic (exact) mass is 320 g/mol. The topological polar surface area (TPSA) is 23.6 Å². The lowest BCUT2D eigenvalue weighted by Gasteiger charge is -2.41. The zero-order valence-electron chi connectivity index (χ0n) is 15.3. The molecule has 0 bridgehead atoms. The first-order valence-corrected chi connectivity index (χ1v) is 10.2. The number of hydrogen-bond acceptors (Lipinski definition) is 2. The van der Waals surface area contributed by atoms with Gasteiger partial charge in [0.15, 0.2) is 0 Å². The lowest BCUT2D eigenvalue weighted by atomic mass is 9.76. The lowest BCUT2D eigenvalue weighted by Crippen LogP contribution is -2.49. The van der Waals surface area contributed by atoms with Crippen LogP contribution in [0.15, 0.2) is 0 Å². The van der Waals surface area contributed by atoms with Gasteiger partial charge in [0.2, 0.25) is 5.91 Å². The van der Waals surface area contributed by atoms with Gasteiger partial charge in [-0.1, -0.05) is 20.3 Å². The van der Waals surface area contributed by atoms with Crippen molar-refractivity contribution in [3.63, 3.8) is 0 Å². The molecule has 0 atom stereocenters. The van der Waals surface area contributed by atoms with E-state index in [0.29, 0.717) is 11.8 Å². The second kappa shape index (κ2) is 8.00. The third kappa shape index (κ3) is 4.29. The number of likely N-dealkylation sites (tertiary alicyclic amines) is 2. The minimum Gasteiger partial charge on any atom is -0.342 e. The van der Waals surface area contributed by atoms with Crippen LogP contribution in [-0.4, -0.2) is 47.9 Å². The van der Waals surface area contributed by atoms with E-state index in [1.807, 2.05) is 0 Å². The van der Waals surface area contributed by atoms with Crippen LogP contribution in [0.3, 0.4) is 0 Å². The summed E-state index contributed by atoms with van der Waals surface area (Å²) in [5.41, 5.74) is 0. The number of carbonyl (C=O) groups excluding carboxylic acids is 1. The maximum absolute atomic E-state index is 12.8. The maximum atomic E-state index is 12.8. The van der Waals surface area contributed by atoms with E-state index in [1.165, 1.54) is 58.0 Å². The molecule has 3 heteroatoms. The Bertz CT molecular complexity index is 373. The molecule has 1 amide bonds. The standard InChI is InChI=1S/C20H36N2O/c1-16(2)17-6-8-18(9-7-17)20(23)22-14-10-19(11-15-22)21-12-4-3-5-13-21/h16-19H,3-15H2,1-2H3. The second-order valence-electron chi connectivity index (χ2n) is 8.51. The van der Waals surface area contributed by atoms with Crippen LogP contribution >= 0.6 is 0 Å². The molecule has 0 N–H and O–H groups in total. The first-order chi connectivity index (χ1) is 11.1. The van der Waals surface area contributed by atoms with Crippen molar-refractivity contribution in [3.8, 4) is 0 Å². The van der Waals surface area contributed by atoms with Gasteiger partial charge in [-0.3, -0.25) is 4.79 Å². The molecule has 23 heavy (non-hydrogen) atoms. The Morgan fingerprint density at radius 1 is 0.826 bits per heavy atom. The van der Waals surface area contributed by atoms with Gasteiger partial charge in [0.1, 0.15) is 0 Å². The first kappa shape index (κ1) is 17.3. The van der Waals surface area contributed by atoms with E-state index in [2.05, 4.69) is 23.6 Å². The molecular weight excluding hydrogens is 284 g/mol. The van der Waals surface area contributed by atoms with Crippen LogP contribution in [0.2, 0.25) is 0 Å². The average Bonchev–Trinajstić information content (AvgIpc) is 2.62. The molecule has 132 valence electrons. The summed E-state index contributed by atoms with van der Waals surface area (Å²) in [5.74, 6) is 2.44. The van der Waals surface area contributed by atoms with Crippen molar-refractivity contribution in [2.45, 2.75) is 77.7 Å². The van der Waals surface area contributed by atoms with Crippen molar-refractivity contribution >= 4 is 5.91 Å². The fraction of sp³-hybridized carbons (Fsp3) is 0.950. The Labute approximate surface area is 142 Å². The first-order valence-electron chi connectivity index (χ1n) is 10.2. The normalized spacial score (nSPS) is 31.5. The summed E-state index contributed by atoms with van der Waals surface area (Å²) in [6.45, 7) is 9.25. The minimum atomic E-state index is 0.330. The summed E-state index contributed by atoms with van der Waals surface area (Å²) < 4.78 is 0. The molecule has 0 radical (unpaired) electrons. The summed E-state index contributed by atoms with van der Waals surface area (Å²) in [5, 5.41) is 0. The number of rotatable bonds is 3. The van der Waals surface area contributed by atoms with E-state index < -0.39 is 0 Å². The zero-order valence-corrected chi connectivity index (χ0v) is 15.3. The Morgan fingerprint density at radius 2 is 1.43 bits per heavy atom. The van der Waals surface area contributed by atoms with Crippen molar-refractivity contribution in [1.29, 1.82) is 0 Å². The van der Waals surface area contributed by atoms with Gasteiger partial charge in [-0.25, -0.2) is 0 Å². The van der Waals surface area contributed by atoms with Gasteiger partial charge < -0.3 is 9.80 Å². The molecule has 0 aromatic heterocycles. The van der Waals surface area contributed by atoms with Crippen molar-refractivity contribution in [2.75, 3.05) is 26.2 Å². The van der Waals surface area contributed by atoms with Gasteiger partial charge in [-0.2, -0.15) is 0 Å². The molecule has 3 fully saturated rings. The molecular formula is C20H36N2O. The average molecular weight is 321 g/mol. The Balaban J connectivity index is 1.43. The summed E-state index contributed by atoms with van der Waals surface area (Å²) in [7, 11) is 0. The van der Waals surface area contributed by atoms with Gasteiger partial charge in [-0.05, 0) is 76.3 Å². The van der Waals surface area contributed by atoms with Crippen LogP contribution in [0, 0.1) is 17.8 Å². The third-order valence-corrected chi connectivity index (χ3v) is 6.75. The summed E-state index contributed by atoms with van der Waals surface area (Å²) in [6, 6.07) is 0.746. The van der Waals surface area contributed by atoms with E-state index in [1.54, 1.807) is 0 Å². The highest BCUT2D eigenvalue weighted by Crippen LogP contribution is 2.34. The van der Waals surface area contributed by atoms with Crippen molar-refractivity contribution in [1.82, 2.24) is 9.80 Å². The number of carbonyl (C=O) groups is 1. The van der Waals surface area contributed by atoms with Crippen LogP contribution in [0.1, 0.15) is 71.6 Å². The quantitative estimate of drug-likeness (QED) is 0.787. The van der Waals surface area contributed by atoms with E-state index in [-0.39, 0.29) is 0 Å². The van der Waals surface area contributed by atoms with Crippen molar-refractivity contribution in [3.05, 3.63) is 0 Å².